The fraction of sp³-hybridized carbons (Fsp3) is 0.556. The van der Waals surface area contributed by atoms with Gasteiger partial charge in [-0.1, -0.05) is 75.3 Å². The molecular weight excluding hydrogens is 544 g/mol. The van der Waals surface area contributed by atoms with Crippen LogP contribution in [0.5, 0.6) is 23.0 Å². The highest BCUT2D eigenvalue weighted by Crippen LogP contribution is 2.37. The van der Waals surface area contributed by atoms with E-state index in [-0.39, 0.29) is 0 Å². The molecule has 7 nitrogen and oxygen atoms in total. The van der Waals surface area contributed by atoms with E-state index in [1.54, 1.807) is 0 Å². The lowest BCUT2D eigenvalue weighted by Crippen LogP contribution is -2.13. The third kappa shape index (κ3) is 13.5. The van der Waals surface area contributed by atoms with Crippen molar-refractivity contribution in [1.82, 2.24) is 0 Å². The van der Waals surface area contributed by atoms with Gasteiger partial charge in [0.2, 0.25) is 0 Å². The van der Waals surface area contributed by atoms with Crippen molar-refractivity contribution in [1.29, 1.82) is 0 Å². The van der Waals surface area contributed by atoms with E-state index in [1.165, 1.54) is 0 Å². The minimum Gasteiger partial charge on any atom is -0.489 e. The molecule has 0 saturated carbocycles. The Bertz CT molecular complexity index is 1090. The van der Waals surface area contributed by atoms with Crippen molar-refractivity contribution in [3.8, 4) is 23.0 Å². The SMILES string of the molecule is C/C=C/c1ccc(C)c(OCCCC)c1OCCCC.C/C=C/c1ccc(C)c2c1OCCOCCOCCOCCO2. The van der Waals surface area contributed by atoms with Gasteiger partial charge in [-0.2, -0.15) is 0 Å². The zero-order chi connectivity index (χ0) is 31.1. The zero-order valence-electron chi connectivity index (χ0n) is 27.4. The molecule has 0 amide bonds. The van der Waals surface area contributed by atoms with Gasteiger partial charge in [-0.3, -0.25) is 0 Å². The van der Waals surface area contributed by atoms with Gasteiger partial charge in [0, 0.05) is 11.1 Å². The van der Waals surface area contributed by atoms with E-state index >= 15 is 0 Å². The molecule has 240 valence electrons. The van der Waals surface area contributed by atoms with Gasteiger partial charge in [-0.15, -0.1) is 0 Å². The summed E-state index contributed by atoms with van der Waals surface area (Å²) in [6, 6.07) is 8.28. The Labute approximate surface area is 260 Å². The van der Waals surface area contributed by atoms with Gasteiger partial charge in [0.05, 0.1) is 52.9 Å². The van der Waals surface area contributed by atoms with Gasteiger partial charge in [0.15, 0.2) is 23.0 Å². The lowest BCUT2D eigenvalue weighted by atomic mass is 10.1. The molecular formula is C36H54O7. The zero-order valence-corrected chi connectivity index (χ0v) is 27.4. The van der Waals surface area contributed by atoms with Crippen molar-refractivity contribution >= 4 is 12.2 Å². The van der Waals surface area contributed by atoms with Crippen molar-refractivity contribution < 1.29 is 33.2 Å². The van der Waals surface area contributed by atoms with Crippen LogP contribution in [0.25, 0.3) is 12.2 Å². The first kappa shape index (κ1) is 36.2. The van der Waals surface area contributed by atoms with Crippen molar-refractivity contribution in [2.75, 3.05) is 66.1 Å². The summed E-state index contributed by atoms with van der Waals surface area (Å²) in [4.78, 5) is 0. The maximum absolute atomic E-state index is 6.00. The summed E-state index contributed by atoms with van der Waals surface area (Å²) in [6.45, 7) is 18.2. The van der Waals surface area contributed by atoms with E-state index in [1.807, 2.05) is 51.1 Å². The Kier molecular flexibility index (Phi) is 19.0. The van der Waals surface area contributed by atoms with E-state index in [0.717, 1.165) is 84.1 Å². The summed E-state index contributed by atoms with van der Waals surface area (Å²) in [7, 11) is 0. The van der Waals surface area contributed by atoms with Gasteiger partial charge < -0.3 is 33.2 Å². The second-order valence-electron chi connectivity index (χ2n) is 10.2. The summed E-state index contributed by atoms with van der Waals surface area (Å²) in [5, 5.41) is 0. The Hall–Kier alpha value is -3.00. The molecule has 3 rings (SSSR count). The van der Waals surface area contributed by atoms with Gasteiger partial charge in [0.1, 0.15) is 13.2 Å². The summed E-state index contributed by atoms with van der Waals surface area (Å²) in [5.41, 5.74) is 4.28. The van der Waals surface area contributed by atoms with E-state index in [9.17, 15) is 0 Å². The molecule has 0 unspecified atom stereocenters. The average molecular weight is 599 g/mol. The molecule has 2 aromatic carbocycles. The van der Waals surface area contributed by atoms with E-state index in [0.29, 0.717) is 52.9 Å². The number of rotatable bonds is 10. The predicted molar refractivity (Wildman–Crippen MR) is 176 cm³/mol. The second kappa shape index (κ2) is 22.5. The van der Waals surface area contributed by atoms with E-state index in [4.69, 9.17) is 33.2 Å². The number of hydrogen-bond donors (Lipinski definition) is 0. The second-order valence-corrected chi connectivity index (χ2v) is 10.2. The summed E-state index contributed by atoms with van der Waals surface area (Å²) in [6.07, 6.45) is 12.5. The number of aryl methyl sites for hydroxylation is 2. The van der Waals surface area contributed by atoms with Crippen LogP contribution in [0.4, 0.5) is 0 Å². The molecule has 7 heteroatoms. The number of ether oxygens (including phenoxy) is 7. The standard InChI is InChI=1S/C18H26O5.C18H28O2/c1-3-4-16-6-5-15(2)17-18(16)23-14-12-21-10-8-19-7-9-20-11-13-22-17;1-5-8-13-19-17-15(4)11-12-16(10-7-3)18(17)20-14-9-6-2/h3-6H,7-14H2,1-2H3;7,10-12H,5-6,8-9,13-14H2,1-4H3/b4-3+;10-7+. The van der Waals surface area contributed by atoms with E-state index < -0.39 is 0 Å². The Morgan fingerprint density at radius 1 is 0.581 bits per heavy atom. The largest absolute Gasteiger partial charge is 0.489 e. The molecule has 2 aromatic rings. The highest BCUT2D eigenvalue weighted by molar-refractivity contribution is 5.65. The van der Waals surface area contributed by atoms with Gasteiger partial charge in [-0.25, -0.2) is 0 Å². The van der Waals surface area contributed by atoms with Crippen LogP contribution in [0, 0.1) is 13.8 Å². The summed E-state index contributed by atoms with van der Waals surface area (Å²) < 4.78 is 40.2. The molecule has 1 heterocycles. The molecule has 0 bridgehead atoms. The predicted octanol–water partition coefficient (Wildman–Crippen LogP) is 8.24. The van der Waals surface area contributed by atoms with Crippen LogP contribution in [-0.4, -0.2) is 66.1 Å². The van der Waals surface area contributed by atoms with E-state index in [2.05, 4.69) is 39.0 Å². The molecule has 0 atom stereocenters. The normalized spacial score (nSPS) is 14.9. The molecule has 0 saturated heterocycles. The maximum atomic E-state index is 6.00. The quantitative estimate of drug-likeness (QED) is 0.255. The molecule has 0 aliphatic carbocycles. The van der Waals surface area contributed by atoms with Gasteiger partial charge in [-0.05, 0) is 51.7 Å². The molecule has 0 fully saturated rings. The van der Waals surface area contributed by atoms with Crippen molar-refractivity contribution in [3.05, 3.63) is 58.7 Å². The molecule has 0 spiro atoms. The Morgan fingerprint density at radius 2 is 1.05 bits per heavy atom. The number of hydrogen-bond acceptors (Lipinski definition) is 7. The average Bonchev–Trinajstić information content (AvgIpc) is 3.01. The number of benzene rings is 2. The van der Waals surface area contributed by atoms with Crippen LogP contribution >= 0.6 is 0 Å². The molecule has 43 heavy (non-hydrogen) atoms. The first-order chi connectivity index (χ1) is 21.1. The highest BCUT2D eigenvalue weighted by Gasteiger charge is 2.14. The van der Waals surface area contributed by atoms with Crippen LogP contribution in [0.1, 0.15) is 75.6 Å². The lowest BCUT2D eigenvalue weighted by molar-refractivity contribution is 0.00706. The topological polar surface area (TPSA) is 64.6 Å². The molecule has 0 radical (unpaired) electrons. The Morgan fingerprint density at radius 3 is 1.60 bits per heavy atom. The molecule has 0 aromatic heterocycles. The summed E-state index contributed by atoms with van der Waals surface area (Å²) >= 11 is 0. The first-order valence-electron chi connectivity index (χ1n) is 15.8. The summed E-state index contributed by atoms with van der Waals surface area (Å²) in [5.74, 6) is 3.34. The van der Waals surface area contributed by atoms with Gasteiger partial charge >= 0.3 is 0 Å². The van der Waals surface area contributed by atoms with Crippen LogP contribution in [0.2, 0.25) is 0 Å². The van der Waals surface area contributed by atoms with Crippen molar-refractivity contribution in [3.63, 3.8) is 0 Å². The third-order valence-electron chi connectivity index (χ3n) is 6.55. The number of fused-ring (bicyclic) bond motifs is 1. The Balaban J connectivity index is 0.000000304. The van der Waals surface area contributed by atoms with Crippen LogP contribution in [-0.2, 0) is 14.2 Å². The lowest BCUT2D eigenvalue weighted by Gasteiger charge is -2.17. The van der Waals surface area contributed by atoms with Crippen LogP contribution in [0.15, 0.2) is 36.4 Å². The highest BCUT2D eigenvalue weighted by atomic mass is 16.6. The third-order valence-corrected chi connectivity index (χ3v) is 6.55. The van der Waals surface area contributed by atoms with Crippen LogP contribution < -0.4 is 18.9 Å². The number of allylic oxidation sites excluding steroid dienone is 2. The molecule has 0 N–H and O–H groups in total. The minimum atomic E-state index is 0.473. The maximum Gasteiger partial charge on any atom is 0.168 e. The minimum absolute atomic E-state index is 0.473. The van der Waals surface area contributed by atoms with Gasteiger partial charge in [0.25, 0.3) is 0 Å². The fourth-order valence-corrected chi connectivity index (χ4v) is 4.22. The van der Waals surface area contributed by atoms with Crippen LogP contribution in [0.3, 0.4) is 0 Å². The first-order valence-corrected chi connectivity index (χ1v) is 15.8. The van der Waals surface area contributed by atoms with Crippen molar-refractivity contribution in [2.45, 2.75) is 67.2 Å². The number of unbranched alkanes of at least 4 members (excludes halogenated alkanes) is 2. The fourth-order valence-electron chi connectivity index (χ4n) is 4.22. The van der Waals surface area contributed by atoms with Crippen molar-refractivity contribution in [2.24, 2.45) is 0 Å². The monoisotopic (exact) mass is 598 g/mol. The smallest absolute Gasteiger partial charge is 0.168 e. The molecule has 1 aliphatic heterocycles. The molecule has 1 aliphatic rings.